The number of likely N-dealkylation sites (tertiary alicyclic amines) is 1. The van der Waals surface area contributed by atoms with Crippen LogP contribution in [0.3, 0.4) is 0 Å². The van der Waals surface area contributed by atoms with E-state index in [1.807, 2.05) is 0 Å². The van der Waals surface area contributed by atoms with E-state index in [-0.39, 0.29) is 29.6 Å². The molecule has 1 aliphatic heterocycles. The van der Waals surface area contributed by atoms with Gasteiger partial charge in [0.15, 0.2) is 0 Å². The molecule has 36 heavy (non-hydrogen) atoms. The molecular weight excluding hydrogens is 495 g/mol. The van der Waals surface area contributed by atoms with E-state index in [2.05, 4.69) is 25.2 Å². The van der Waals surface area contributed by atoms with E-state index in [4.69, 9.17) is 0 Å². The summed E-state index contributed by atoms with van der Waals surface area (Å²) in [6, 6.07) is 10.2. The molecule has 186 valence electrons. The molecule has 5 rings (SSSR count). The number of thiazole rings is 1. The first-order valence-electron chi connectivity index (χ1n) is 11.2. The number of carbonyl (C=O) groups excluding carboxylic acids is 2. The molecule has 0 saturated carbocycles. The molecule has 4 aromatic rings. The first kappa shape index (κ1) is 23.9. The summed E-state index contributed by atoms with van der Waals surface area (Å²) in [5, 5.41) is 12.4. The minimum Gasteiger partial charge on any atom is -0.347 e. The highest BCUT2D eigenvalue weighted by atomic mass is 32.1. The number of halogens is 3. The van der Waals surface area contributed by atoms with Gasteiger partial charge in [0.1, 0.15) is 16.7 Å². The predicted molar refractivity (Wildman–Crippen MR) is 124 cm³/mol. The maximum atomic E-state index is 13.2. The fourth-order valence-electron chi connectivity index (χ4n) is 4.22. The zero-order chi connectivity index (χ0) is 25.3. The highest BCUT2D eigenvalue weighted by Crippen LogP contribution is 2.33. The summed E-state index contributed by atoms with van der Waals surface area (Å²) in [7, 11) is 0. The summed E-state index contributed by atoms with van der Waals surface area (Å²) in [6.45, 7) is 0.819. The number of amides is 2. The summed E-state index contributed by atoms with van der Waals surface area (Å²) >= 11 is 1.34. The fourth-order valence-corrected chi connectivity index (χ4v) is 5.20. The van der Waals surface area contributed by atoms with Crippen LogP contribution in [0.1, 0.15) is 55.7 Å². The third-order valence-corrected chi connectivity index (χ3v) is 7.16. The molecule has 2 aromatic heterocycles. The van der Waals surface area contributed by atoms with Gasteiger partial charge < -0.3 is 10.2 Å². The molecule has 0 radical (unpaired) electrons. The standard InChI is InChI=1S/C24H20F3N5O3S/c25-24(26,27)17-4-2-1-3-16(17)12-28-21(33)20-13-36-22(29-20)14-7-9-32(10-8-14)23(34)15-5-6-18-19(11-15)31-35-30-18/h1-6,11,13-14H,7-10,12H2,(H,28,33). The van der Waals surface area contributed by atoms with Gasteiger partial charge >= 0.3 is 6.18 Å². The van der Waals surface area contributed by atoms with Gasteiger partial charge in [-0.3, -0.25) is 9.59 Å². The predicted octanol–water partition coefficient (Wildman–Crippen LogP) is 4.65. The molecule has 0 spiro atoms. The normalized spacial score (nSPS) is 14.8. The lowest BCUT2D eigenvalue weighted by molar-refractivity contribution is -0.138. The number of carbonyl (C=O) groups is 2. The third-order valence-electron chi connectivity index (χ3n) is 6.15. The first-order chi connectivity index (χ1) is 17.3. The Labute approximate surface area is 207 Å². The van der Waals surface area contributed by atoms with E-state index in [1.54, 1.807) is 28.5 Å². The van der Waals surface area contributed by atoms with Crippen LogP contribution in [0, 0.1) is 0 Å². The topological polar surface area (TPSA) is 101 Å². The highest BCUT2D eigenvalue weighted by Gasteiger charge is 2.33. The molecule has 0 bridgehead atoms. The molecule has 1 N–H and O–H groups in total. The average molecular weight is 516 g/mol. The molecule has 0 aliphatic carbocycles. The van der Waals surface area contributed by atoms with Crippen molar-refractivity contribution >= 4 is 34.2 Å². The Kier molecular flexibility index (Phi) is 6.44. The van der Waals surface area contributed by atoms with E-state index in [1.165, 1.54) is 29.5 Å². The molecule has 8 nitrogen and oxygen atoms in total. The maximum Gasteiger partial charge on any atom is 0.416 e. The Morgan fingerprint density at radius 2 is 1.83 bits per heavy atom. The second kappa shape index (κ2) is 9.69. The molecule has 3 heterocycles. The minimum atomic E-state index is -4.49. The fraction of sp³-hybridized carbons (Fsp3) is 0.292. The maximum absolute atomic E-state index is 13.2. The molecule has 1 saturated heterocycles. The van der Waals surface area contributed by atoms with Crippen molar-refractivity contribution in [3.63, 3.8) is 0 Å². The molecule has 12 heteroatoms. The van der Waals surface area contributed by atoms with Crippen molar-refractivity contribution in [3.8, 4) is 0 Å². The van der Waals surface area contributed by atoms with E-state index < -0.39 is 17.6 Å². The number of fused-ring (bicyclic) bond motifs is 1. The van der Waals surface area contributed by atoms with Gasteiger partial charge in [-0.1, -0.05) is 18.2 Å². The van der Waals surface area contributed by atoms with Gasteiger partial charge in [-0.15, -0.1) is 11.3 Å². The zero-order valence-corrected chi connectivity index (χ0v) is 19.6. The van der Waals surface area contributed by atoms with Crippen LogP contribution >= 0.6 is 11.3 Å². The summed E-state index contributed by atoms with van der Waals surface area (Å²) in [6.07, 6.45) is -3.12. The van der Waals surface area contributed by atoms with Crippen LogP contribution in [0.4, 0.5) is 13.2 Å². The van der Waals surface area contributed by atoms with Gasteiger partial charge in [-0.2, -0.15) is 13.2 Å². The molecular formula is C24H20F3N5O3S. The quantitative estimate of drug-likeness (QED) is 0.415. The van der Waals surface area contributed by atoms with Gasteiger partial charge in [-0.05, 0) is 53.0 Å². The number of benzene rings is 2. The van der Waals surface area contributed by atoms with E-state index >= 15 is 0 Å². The van der Waals surface area contributed by atoms with Crippen LogP contribution in [0.5, 0.6) is 0 Å². The van der Waals surface area contributed by atoms with Crippen LogP contribution in [0.25, 0.3) is 11.0 Å². The van der Waals surface area contributed by atoms with E-state index in [9.17, 15) is 22.8 Å². The number of piperidine rings is 1. The SMILES string of the molecule is O=C(NCc1ccccc1C(F)(F)F)c1csc(C2CCN(C(=O)c3ccc4nonc4c3)CC2)n1. The number of nitrogens with one attached hydrogen (secondary N) is 1. The molecule has 1 fully saturated rings. The van der Waals surface area contributed by atoms with Crippen molar-refractivity contribution in [1.29, 1.82) is 0 Å². The molecule has 0 atom stereocenters. The van der Waals surface area contributed by atoms with Crippen LogP contribution < -0.4 is 5.32 Å². The monoisotopic (exact) mass is 515 g/mol. The van der Waals surface area contributed by atoms with Gasteiger partial charge in [0.2, 0.25) is 0 Å². The largest absolute Gasteiger partial charge is 0.416 e. The van der Waals surface area contributed by atoms with Crippen molar-refractivity contribution in [2.75, 3.05) is 13.1 Å². The Morgan fingerprint density at radius 1 is 1.08 bits per heavy atom. The first-order valence-corrected chi connectivity index (χ1v) is 12.1. The molecule has 0 unspecified atom stereocenters. The van der Waals surface area contributed by atoms with Crippen LogP contribution in [0.15, 0.2) is 52.5 Å². The van der Waals surface area contributed by atoms with Crippen molar-refractivity contribution in [3.05, 3.63) is 75.2 Å². The lowest BCUT2D eigenvalue weighted by Crippen LogP contribution is -2.37. The van der Waals surface area contributed by atoms with Crippen LogP contribution in [-0.2, 0) is 12.7 Å². The van der Waals surface area contributed by atoms with E-state index in [0.29, 0.717) is 42.5 Å². The highest BCUT2D eigenvalue weighted by molar-refractivity contribution is 7.09. The lowest BCUT2D eigenvalue weighted by atomic mass is 9.97. The number of rotatable bonds is 5. The number of aromatic nitrogens is 3. The summed E-state index contributed by atoms with van der Waals surface area (Å²) < 4.78 is 44.2. The van der Waals surface area contributed by atoms with Crippen molar-refractivity contribution < 1.29 is 27.4 Å². The second-order valence-electron chi connectivity index (χ2n) is 8.44. The lowest BCUT2D eigenvalue weighted by Gasteiger charge is -2.31. The summed E-state index contributed by atoms with van der Waals surface area (Å²) in [5.41, 5.74) is 1.00. The Balaban J connectivity index is 1.17. The van der Waals surface area contributed by atoms with Gasteiger partial charge in [0.05, 0.1) is 10.6 Å². The smallest absolute Gasteiger partial charge is 0.347 e. The Morgan fingerprint density at radius 3 is 2.61 bits per heavy atom. The van der Waals surface area contributed by atoms with E-state index in [0.717, 1.165) is 11.1 Å². The van der Waals surface area contributed by atoms with Crippen LogP contribution in [-0.4, -0.2) is 45.1 Å². The molecule has 2 amide bonds. The Hall–Kier alpha value is -3.80. The average Bonchev–Trinajstić information content (AvgIpc) is 3.56. The minimum absolute atomic E-state index is 0.00944. The summed E-state index contributed by atoms with van der Waals surface area (Å²) in [5.74, 6) is -0.537. The van der Waals surface area contributed by atoms with Crippen molar-refractivity contribution in [1.82, 2.24) is 25.5 Å². The van der Waals surface area contributed by atoms with Crippen LogP contribution in [0.2, 0.25) is 0 Å². The molecule has 1 aliphatic rings. The Bertz CT molecular complexity index is 1410. The third kappa shape index (κ3) is 4.94. The van der Waals surface area contributed by atoms with Gasteiger partial charge in [0.25, 0.3) is 11.8 Å². The number of hydrogen-bond donors (Lipinski definition) is 1. The second-order valence-corrected chi connectivity index (χ2v) is 9.33. The summed E-state index contributed by atoms with van der Waals surface area (Å²) in [4.78, 5) is 31.6. The van der Waals surface area contributed by atoms with Crippen molar-refractivity contribution in [2.24, 2.45) is 0 Å². The van der Waals surface area contributed by atoms with Crippen molar-refractivity contribution in [2.45, 2.75) is 31.5 Å². The molecule has 2 aromatic carbocycles. The number of nitrogens with zero attached hydrogens (tertiary/aromatic N) is 4. The van der Waals surface area contributed by atoms with Gasteiger partial charge in [0, 0.05) is 36.5 Å². The van der Waals surface area contributed by atoms with Gasteiger partial charge in [-0.25, -0.2) is 9.61 Å². The zero-order valence-electron chi connectivity index (χ0n) is 18.8. The number of hydrogen-bond acceptors (Lipinski definition) is 7. The number of alkyl halides is 3.